The molecule has 0 radical (unpaired) electrons. The zero-order valence-corrected chi connectivity index (χ0v) is 21.9. The lowest BCUT2D eigenvalue weighted by Gasteiger charge is -2.36. The molecule has 0 aliphatic carbocycles. The van der Waals surface area contributed by atoms with Gasteiger partial charge in [-0.3, -0.25) is 9.97 Å². The molecule has 0 unspecified atom stereocenters. The van der Waals surface area contributed by atoms with Gasteiger partial charge in [-0.25, -0.2) is 0 Å². The monoisotopic (exact) mass is 514 g/mol. The lowest BCUT2D eigenvalue weighted by molar-refractivity contribution is 1.08. The average molecular weight is 515 g/mol. The largest absolute Gasteiger partial charge is 0.308 e. The van der Waals surface area contributed by atoms with Gasteiger partial charge in [0, 0.05) is 59.1 Å². The van der Waals surface area contributed by atoms with E-state index in [1.165, 1.54) is 45.0 Å². The van der Waals surface area contributed by atoms with Gasteiger partial charge in [-0.2, -0.15) is 0 Å². The second-order valence-electron chi connectivity index (χ2n) is 10.3. The van der Waals surface area contributed by atoms with Gasteiger partial charge in [0.15, 0.2) is 0 Å². The number of benzene rings is 4. The first-order chi connectivity index (χ1) is 19.9. The summed E-state index contributed by atoms with van der Waals surface area (Å²) >= 11 is 0. The number of nitrogens with zero attached hydrogens (tertiary/aromatic N) is 4. The maximum Gasteiger partial charge on any atom is 0.0724 e. The summed E-state index contributed by atoms with van der Waals surface area (Å²) in [6, 6.07) is 39.0. The van der Waals surface area contributed by atoms with E-state index in [-0.39, 0.29) is 0 Å². The van der Waals surface area contributed by atoms with Gasteiger partial charge in [-0.1, -0.05) is 72.8 Å². The van der Waals surface area contributed by atoms with Crippen molar-refractivity contribution in [2.24, 2.45) is 0 Å². The molecule has 2 aliphatic heterocycles. The standard InChI is InChI=1S/C36H26N4/c1-5-13-31-25(9-1)21-26-10-2-6-14-32(26)39(31)35-23-37-19-17-29(35)30-18-20-38-24-36(30)40-33-15-7-3-11-27(33)22-28-12-4-8-16-34(28)40/h1-20,23-24H,21-22H2. The first-order valence-corrected chi connectivity index (χ1v) is 13.7. The number of hydrogen-bond acceptors (Lipinski definition) is 4. The molecule has 0 fully saturated rings. The van der Waals surface area contributed by atoms with Gasteiger partial charge < -0.3 is 9.80 Å². The number of fused-ring (bicyclic) bond motifs is 4. The number of para-hydroxylation sites is 4. The Balaban J connectivity index is 1.37. The number of pyridine rings is 2. The van der Waals surface area contributed by atoms with E-state index in [1.54, 1.807) is 0 Å². The molecule has 4 aromatic carbocycles. The van der Waals surface area contributed by atoms with Gasteiger partial charge in [-0.05, 0) is 58.7 Å². The van der Waals surface area contributed by atoms with Crippen LogP contribution in [-0.4, -0.2) is 9.97 Å². The molecule has 4 heterocycles. The van der Waals surface area contributed by atoms with Crippen LogP contribution >= 0.6 is 0 Å². The van der Waals surface area contributed by atoms with Gasteiger partial charge >= 0.3 is 0 Å². The van der Waals surface area contributed by atoms with Crippen molar-refractivity contribution in [1.82, 2.24) is 9.97 Å². The second-order valence-corrected chi connectivity index (χ2v) is 10.3. The molecule has 2 aromatic heterocycles. The Hall–Kier alpha value is -5.22. The predicted octanol–water partition coefficient (Wildman–Crippen LogP) is 8.89. The van der Waals surface area contributed by atoms with Crippen molar-refractivity contribution in [1.29, 1.82) is 0 Å². The minimum Gasteiger partial charge on any atom is -0.308 e. The lowest BCUT2D eigenvalue weighted by Crippen LogP contribution is -2.21. The highest BCUT2D eigenvalue weighted by Crippen LogP contribution is 2.50. The summed E-state index contributed by atoms with van der Waals surface area (Å²) in [6.45, 7) is 0. The Labute approximate surface area is 233 Å². The van der Waals surface area contributed by atoms with Crippen LogP contribution in [0, 0.1) is 0 Å². The molecule has 0 N–H and O–H groups in total. The molecule has 40 heavy (non-hydrogen) atoms. The van der Waals surface area contributed by atoms with Crippen LogP contribution in [0.5, 0.6) is 0 Å². The zero-order chi connectivity index (χ0) is 26.5. The van der Waals surface area contributed by atoms with Crippen LogP contribution in [0.3, 0.4) is 0 Å². The molecule has 4 nitrogen and oxygen atoms in total. The molecule has 0 saturated carbocycles. The SMILES string of the molecule is c1ccc2c(c1)Cc1ccccc1N2c1cnccc1-c1ccncc1N1c2ccccc2Cc2ccccc21. The number of rotatable bonds is 3. The maximum atomic E-state index is 4.64. The number of hydrogen-bond donors (Lipinski definition) is 0. The Kier molecular flexibility index (Phi) is 5.23. The normalized spacial score (nSPS) is 13.2. The van der Waals surface area contributed by atoms with Crippen LogP contribution in [0.2, 0.25) is 0 Å². The Morgan fingerprint density at radius 2 is 0.700 bits per heavy atom. The summed E-state index contributed by atoms with van der Waals surface area (Å²) in [4.78, 5) is 14.0. The van der Waals surface area contributed by atoms with E-state index in [0.717, 1.165) is 35.3 Å². The summed E-state index contributed by atoms with van der Waals surface area (Å²) in [5, 5.41) is 0. The summed E-state index contributed by atoms with van der Waals surface area (Å²) in [5.74, 6) is 0. The van der Waals surface area contributed by atoms with E-state index in [1.807, 2.05) is 24.8 Å². The van der Waals surface area contributed by atoms with Crippen molar-refractivity contribution in [3.8, 4) is 11.1 Å². The van der Waals surface area contributed by atoms with E-state index in [2.05, 4.69) is 129 Å². The average Bonchev–Trinajstić information content (AvgIpc) is 3.02. The molecular weight excluding hydrogens is 488 g/mol. The maximum absolute atomic E-state index is 4.64. The zero-order valence-electron chi connectivity index (χ0n) is 21.9. The summed E-state index contributed by atoms with van der Waals surface area (Å²) in [7, 11) is 0. The van der Waals surface area contributed by atoms with Crippen LogP contribution in [0.25, 0.3) is 11.1 Å². The highest BCUT2D eigenvalue weighted by molar-refractivity contribution is 5.97. The first kappa shape index (κ1) is 22.7. The van der Waals surface area contributed by atoms with Crippen molar-refractivity contribution in [3.63, 3.8) is 0 Å². The molecule has 8 rings (SSSR count). The fourth-order valence-electron chi connectivity index (χ4n) is 6.29. The predicted molar refractivity (Wildman–Crippen MR) is 162 cm³/mol. The third-order valence-electron chi connectivity index (χ3n) is 8.06. The van der Waals surface area contributed by atoms with E-state index in [0.29, 0.717) is 0 Å². The third-order valence-corrected chi connectivity index (χ3v) is 8.06. The molecule has 2 aliphatic rings. The van der Waals surface area contributed by atoms with Crippen molar-refractivity contribution >= 4 is 34.1 Å². The molecule has 4 heteroatoms. The molecule has 0 saturated heterocycles. The number of anilines is 6. The van der Waals surface area contributed by atoms with Gasteiger partial charge in [-0.15, -0.1) is 0 Å². The minimum absolute atomic E-state index is 0.917. The molecule has 6 aromatic rings. The molecular formula is C36H26N4. The van der Waals surface area contributed by atoms with E-state index in [4.69, 9.17) is 0 Å². The van der Waals surface area contributed by atoms with Gasteiger partial charge in [0.2, 0.25) is 0 Å². The third kappa shape index (κ3) is 3.53. The molecule has 0 amide bonds. The van der Waals surface area contributed by atoms with Crippen molar-refractivity contribution in [3.05, 3.63) is 156 Å². The van der Waals surface area contributed by atoms with Crippen molar-refractivity contribution < 1.29 is 0 Å². The highest BCUT2D eigenvalue weighted by Gasteiger charge is 2.29. The first-order valence-electron chi connectivity index (χ1n) is 13.7. The Morgan fingerprint density at radius 1 is 0.375 bits per heavy atom. The smallest absolute Gasteiger partial charge is 0.0724 e. The van der Waals surface area contributed by atoms with Gasteiger partial charge in [0.1, 0.15) is 0 Å². The van der Waals surface area contributed by atoms with Crippen LogP contribution in [0.1, 0.15) is 22.3 Å². The van der Waals surface area contributed by atoms with E-state index in [9.17, 15) is 0 Å². The molecule has 0 atom stereocenters. The highest BCUT2D eigenvalue weighted by atomic mass is 15.2. The van der Waals surface area contributed by atoms with Crippen LogP contribution in [0.15, 0.2) is 134 Å². The van der Waals surface area contributed by atoms with Crippen LogP contribution < -0.4 is 9.80 Å². The fourth-order valence-corrected chi connectivity index (χ4v) is 6.29. The quantitative estimate of drug-likeness (QED) is 0.236. The van der Waals surface area contributed by atoms with E-state index < -0.39 is 0 Å². The lowest BCUT2D eigenvalue weighted by atomic mass is 9.92. The summed E-state index contributed by atoms with van der Waals surface area (Å²) < 4.78 is 0. The Bertz CT molecular complexity index is 1660. The minimum atomic E-state index is 0.917. The molecule has 0 bridgehead atoms. The summed E-state index contributed by atoms with van der Waals surface area (Å²) in [5.41, 5.74) is 14.3. The van der Waals surface area contributed by atoms with Crippen LogP contribution in [-0.2, 0) is 12.8 Å². The van der Waals surface area contributed by atoms with Gasteiger partial charge in [0.25, 0.3) is 0 Å². The second kappa shape index (κ2) is 9.21. The topological polar surface area (TPSA) is 32.3 Å². The fraction of sp³-hybridized carbons (Fsp3) is 0.0556. The summed E-state index contributed by atoms with van der Waals surface area (Å²) in [6.07, 6.45) is 9.61. The number of aromatic nitrogens is 2. The van der Waals surface area contributed by atoms with Crippen molar-refractivity contribution in [2.75, 3.05) is 9.80 Å². The van der Waals surface area contributed by atoms with E-state index >= 15 is 0 Å². The van der Waals surface area contributed by atoms with Crippen molar-refractivity contribution in [2.45, 2.75) is 12.8 Å². The van der Waals surface area contributed by atoms with Gasteiger partial charge in [0.05, 0.1) is 23.8 Å². The van der Waals surface area contributed by atoms with Crippen LogP contribution in [0.4, 0.5) is 34.1 Å². The molecule has 190 valence electrons. The molecule has 0 spiro atoms. The Morgan fingerprint density at radius 3 is 1.05 bits per heavy atom.